The molecule has 1 aromatic heterocycles. The lowest BCUT2D eigenvalue weighted by Gasteiger charge is -2.27. The first-order valence-electron chi connectivity index (χ1n) is 7.29. The van der Waals surface area contributed by atoms with E-state index in [2.05, 4.69) is 12.1 Å². The third kappa shape index (κ3) is 3.34. The summed E-state index contributed by atoms with van der Waals surface area (Å²) in [6, 6.07) is 12.1. The fourth-order valence-electron chi connectivity index (χ4n) is 2.66. The molecule has 21 heavy (non-hydrogen) atoms. The van der Waals surface area contributed by atoms with Crippen LogP contribution in [0.2, 0.25) is 0 Å². The molecule has 4 heteroatoms. The van der Waals surface area contributed by atoms with Crippen molar-refractivity contribution in [2.45, 2.75) is 18.9 Å². The second-order valence-corrected chi connectivity index (χ2v) is 5.26. The minimum atomic E-state index is 0.0233. The summed E-state index contributed by atoms with van der Waals surface area (Å²) >= 11 is 0. The van der Waals surface area contributed by atoms with Gasteiger partial charge in [-0.1, -0.05) is 30.3 Å². The summed E-state index contributed by atoms with van der Waals surface area (Å²) in [6.45, 7) is 2.05. The van der Waals surface area contributed by atoms with Gasteiger partial charge in [0.1, 0.15) is 6.26 Å². The van der Waals surface area contributed by atoms with Crippen LogP contribution in [-0.2, 0) is 11.2 Å². The number of rotatable bonds is 5. The molecule has 1 aliphatic rings. The maximum atomic E-state index is 12.6. The van der Waals surface area contributed by atoms with Crippen LogP contribution in [0.3, 0.4) is 0 Å². The van der Waals surface area contributed by atoms with Crippen LogP contribution in [0.4, 0.5) is 0 Å². The first-order chi connectivity index (χ1) is 10.3. The Morgan fingerprint density at radius 2 is 2.10 bits per heavy atom. The second kappa shape index (κ2) is 6.59. The van der Waals surface area contributed by atoms with E-state index < -0.39 is 0 Å². The molecule has 1 saturated heterocycles. The lowest BCUT2D eigenvalue weighted by atomic mass is 10.1. The molecule has 1 fully saturated rings. The SMILES string of the molecule is O=C(c1ccoc1)N(CCc1ccccc1)[C@H]1CCOC1. The highest BCUT2D eigenvalue weighted by Crippen LogP contribution is 2.17. The number of hydrogen-bond acceptors (Lipinski definition) is 3. The summed E-state index contributed by atoms with van der Waals surface area (Å²) in [4.78, 5) is 14.5. The van der Waals surface area contributed by atoms with E-state index in [1.165, 1.54) is 18.1 Å². The van der Waals surface area contributed by atoms with Crippen molar-refractivity contribution in [2.75, 3.05) is 19.8 Å². The zero-order chi connectivity index (χ0) is 14.5. The first-order valence-corrected chi connectivity index (χ1v) is 7.29. The van der Waals surface area contributed by atoms with Crippen molar-refractivity contribution in [3.63, 3.8) is 0 Å². The van der Waals surface area contributed by atoms with Gasteiger partial charge in [-0.25, -0.2) is 0 Å². The molecule has 1 atom stereocenters. The van der Waals surface area contributed by atoms with Gasteiger partial charge in [0.15, 0.2) is 0 Å². The normalized spacial score (nSPS) is 17.8. The Hall–Kier alpha value is -2.07. The van der Waals surface area contributed by atoms with Gasteiger partial charge in [-0.05, 0) is 24.5 Å². The highest BCUT2D eigenvalue weighted by molar-refractivity contribution is 5.94. The lowest BCUT2D eigenvalue weighted by molar-refractivity contribution is 0.0655. The van der Waals surface area contributed by atoms with Gasteiger partial charge in [0.2, 0.25) is 0 Å². The molecule has 0 bridgehead atoms. The lowest BCUT2D eigenvalue weighted by Crippen LogP contribution is -2.41. The molecule has 0 saturated carbocycles. The van der Waals surface area contributed by atoms with E-state index in [4.69, 9.17) is 9.15 Å². The molecule has 0 spiro atoms. The third-order valence-corrected chi connectivity index (χ3v) is 3.86. The van der Waals surface area contributed by atoms with Crippen LogP contribution in [0.1, 0.15) is 22.3 Å². The topological polar surface area (TPSA) is 42.7 Å². The van der Waals surface area contributed by atoms with Gasteiger partial charge >= 0.3 is 0 Å². The number of furan rings is 1. The molecule has 3 rings (SSSR count). The molecule has 1 amide bonds. The molecule has 0 aliphatic carbocycles. The van der Waals surface area contributed by atoms with Crippen molar-refractivity contribution < 1.29 is 13.9 Å². The Bertz CT molecular complexity index is 559. The summed E-state index contributed by atoms with van der Waals surface area (Å²) in [5, 5.41) is 0. The number of carbonyl (C=O) groups is 1. The molecule has 1 aromatic carbocycles. The van der Waals surface area contributed by atoms with Crippen LogP contribution in [0.15, 0.2) is 53.3 Å². The zero-order valence-corrected chi connectivity index (χ0v) is 11.9. The third-order valence-electron chi connectivity index (χ3n) is 3.86. The van der Waals surface area contributed by atoms with Crippen molar-refractivity contribution in [3.8, 4) is 0 Å². The monoisotopic (exact) mass is 285 g/mol. The molecular weight excluding hydrogens is 266 g/mol. The van der Waals surface area contributed by atoms with Gasteiger partial charge in [-0.15, -0.1) is 0 Å². The quantitative estimate of drug-likeness (QED) is 0.848. The van der Waals surface area contributed by atoms with Gasteiger partial charge < -0.3 is 14.1 Å². The van der Waals surface area contributed by atoms with Crippen LogP contribution in [0, 0.1) is 0 Å². The van der Waals surface area contributed by atoms with Crippen LogP contribution in [0.25, 0.3) is 0 Å². The van der Waals surface area contributed by atoms with E-state index in [-0.39, 0.29) is 11.9 Å². The minimum Gasteiger partial charge on any atom is -0.472 e. The minimum absolute atomic E-state index is 0.0233. The van der Waals surface area contributed by atoms with Gasteiger partial charge in [0.05, 0.1) is 24.5 Å². The average Bonchev–Trinajstić information content (AvgIpc) is 3.22. The summed E-state index contributed by atoms with van der Waals surface area (Å²) in [5.41, 5.74) is 1.84. The van der Waals surface area contributed by atoms with Gasteiger partial charge in [0.25, 0.3) is 5.91 Å². The van der Waals surface area contributed by atoms with Crippen molar-refractivity contribution >= 4 is 5.91 Å². The number of ether oxygens (including phenoxy) is 1. The summed E-state index contributed by atoms with van der Waals surface area (Å²) < 4.78 is 10.5. The summed E-state index contributed by atoms with van der Waals surface area (Å²) in [7, 11) is 0. The Morgan fingerprint density at radius 3 is 2.76 bits per heavy atom. The molecule has 4 nitrogen and oxygen atoms in total. The number of amides is 1. The fourth-order valence-corrected chi connectivity index (χ4v) is 2.66. The average molecular weight is 285 g/mol. The van der Waals surface area contributed by atoms with Crippen molar-refractivity contribution in [2.24, 2.45) is 0 Å². The predicted octanol–water partition coefficient (Wildman–Crippen LogP) is 2.75. The predicted molar refractivity (Wildman–Crippen MR) is 79.1 cm³/mol. The Morgan fingerprint density at radius 1 is 1.24 bits per heavy atom. The second-order valence-electron chi connectivity index (χ2n) is 5.26. The van der Waals surface area contributed by atoms with E-state index in [1.54, 1.807) is 6.07 Å². The molecule has 2 heterocycles. The van der Waals surface area contributed by atoms with Crippen LogP contribution < -0.4 is 0 Å². The molecule has 1 aliphatic heterocycles. The molecule has 0 N–H and O–H groups in total. The van der Waals surface area contributed by atoms with Gasteiger partial charge in [-0.2, -0.15) is 0 Å². The Kier molecular flexibility index (Phi) is 4.36. The maximum Gasteiger partial charge on any atom is 0.257 e. The number of carbonyl (C=O) groups excluding carboxylic acids is 1. The maximum absolute atomic E-state index is 12.6. The zero-order valence-electron chi connectivity index (χ0n) is 11.9. The van der Waals surface area contributed by atoms with Crippen molar-refractivity contribution in [1.82, 2.24) is 4.90 Å². The molecule has 2 aromatic rings. The molecule has 110 valence electrons. The smallest absolute Gasteiger partial charge is 0.257 e. The highest BCUT2D eigenvalue weighted by Gasteiger charge is 2.28. The van der Waals surface area contributed by atoms with E-state index in [0.29, 0.717) is 18.7 Å². The fraction of sp³-hybridized carbons (Fsp3) is 0.353. The van der Waals surface area contributed by atoms with Crippen LogP contribution in [-0.4, -0.2) is 36.6 Å². The number of nitrogens with zero attached hydrogens (tertiary/aromatic N) is 1. The van der Waals surface area contributed by atoms with Crippen molar-refractivity contribution in [1.29, 1.82) is 0 Å². The molecular formula is C17H19NO3. The van der Waals surface area contributed by atoms with E-state index >= 15 is 0 Å². The summed E-state index contributed by atoms with van der Waals surface area (Å²) in [5.74, 6) is 0.0233. The van der Waals surface area contributed by atoms with E-state index in [1.807, 2.05) is 23.1 Å². The Labute approximate surface area is 124 Å². The highest BCUT2D eigenvalue weighted by atomic mass is 16.5. The van der Waals surface area contributed by atoms with Gasteiger partial charge in [0, 0.05) is 13.2 Å². The van der Waals surface area contributed by atoms with Crippen molar-refractivity contribution in [3.05, 3.63) is 60.1 Å². The first kappa shape index (κ1) is 13.9. The number of hydrogen-bond donors (Lipinski definition) is 0. The Balaban J connectivity index is 1.71. The van der Waals surface area contributed by atoms with Crippen LogP contribution >= 0.6 is 0 Å². The van der Waals surface area contributed by atoms with Crippen LogP contribution in [0.5, 0.6) is 0 Å². The summed E-state index contributed by atoms with van der Waals surface area (Å²) in [6.07, 6.45) is 4.79. The standard InChI is InChI=1S/C17H19NO3/c19-17(15-7-10-20-12-15)18(16-8-11-21-13-16)9-6-14-4-2-1-3-5-14/h1-5,7,10,12,16H,6,8-9,11,13H2/t16-/m0/s1. The molecule has 0 unspecified atom stereocenters. The van der Waals surface area contributed by atoms with E-state index in [9.17, 15) is 4.79 Å². The molecule has 0 radical (unpaired) electrons. The van der Waals surface area contributed by atoms with E-state index in [0.717, 1.165) is 19.4 Å². The number of benzene rings is 1. The largest absolute Gasteiger partial charge is 0.472 e. The van der Waals surface area contributed by atoms with Gasteiger partial charge in [-0.3, -0.25) is 4.79 Å².